The van der Waals surface area contributed by atoms with Crippen molar-refractivity contribution in [2.45, 2.75) is 26.2 Å². The molecular weight excluding hydrogens is 577 g/mol. The molecule has 230 valence electrons. The average molecular weight is 615 g/mol. The minimum absolute atomic E-state index is 0.116. The van der Waals surface area contributed by atoms with E-state index in [2.05, 4.69) is 197 Å². The lowest BCUT2D eigenvalue weighted by molar-refractivity contribution is 0.590. The predicted octanol–water partition coefficient (Wildman–Crippen LogP) is 13.6. The van der Waals surface area contributed by atoms with Crippen LogP contribution < -0.4 is 0 Å². The summed E-state index contributed by atoms with van der Waals surface area (Å²) in [5, 5.41) is 5.06. The summed E-state index contributed by atoms with van der Waals surface area (Å²) in [5.41, 5.74) is 13.8. The Bertz CT molecular complexity index is 2360. The van der Waals surface area contributed by atoms with E-state index in [0.717, 1.165) is 0 Å². The van der Waals surface area contributed by atoms with Gasteiger partial charge >= 0.3 is 0 Å². The van der Waals surface area contributed by atoms with Crippen molar-refractivity contribution in [2.24, 2.45) is 0 Å². The van der Waals surface area contributed by atoms with Gasteiger partial charge in [-0.3, -0.25) is 0 Å². The van der Waals surface area contributed by atoms with Crippen LogP contribution in [0.5, 0.6) is 0 Å². The van der Waals surface area contributed by atoms with Crippen molar-refractivity contribution >= 4 is 21.5 Å². The Balaban J connectivity index is 1.36. The molecule has 0 radical (unpaired) electrons. The van der Waals surface area contributed by atoms with Crippen molar-refractivity contribution in [3.05, 3.63) is 181 Å². The Labute approximate surface area is 284 Å². The minimum atomic E-state index is 0.116. The van der Waals surface area contributed by atoms with Gasteiger partial charge in [-0.15, -0.1) is 0 Å². The van der Waals surface area contributed by atoms with Gasteiger partial charge in [0.2, 0.25) is 0 Å². The summed E-state index contributed by atoms with van der Waals surface area (Å²) < 4.78 is 0. The van der Waals surface area contributed by atoms with Crippen LogP contribution in [0.2, 0.25) is 0 Å². The van der Waals surface area contributed by atoms with Gasteiger partial charge in [0.15, 0.2) is 0 Å². The summed E-state index contributed by atoms with van der Waals surface area (Å²) in [6.45, 7) is 6.81. The lowest BCUT2D eigenvalue weighted by Crippen LogP contribution is -2.10. The molecule has 0 aliphatic heterocycles. The van der Waals surface area contributed by atoms with E-state index in [9.17, 15) is 0 Å². The van der Waals surface area contributed by atoms with Crippen molar-refractivity contribution in [1.82, 2.24) is 0 Å². The smallest absolute Gasteiger partial charge is 0.00261 e. The summed E-state index contributed by atoms with van der Waals surface area (Å²) in [6.07, 6.45) is 0. The fourth-order valence-electron chi connectivity index (χ4n) is 7.06. The van der Waals surface area contributed by atoms with Crippen LogP contribution in [0.3, 0.4) is 0 Å². The van der Waals surface area contributed by atoms with E-state index in [1.54, 1.807) is 0 Å². The molecule has 8 rings (SSSR count). The maximum atomic E-state index is 2.41. The first kappa shape index (κ1) is 29.7. The van der Waals surface area contributed by atoms with Gasteiger partial charge in [0.1, 0.15) is 0 Å². The number of fused-ring (bicyclic) bond motifs is 2. The Morgan fingerprint density at radius 1 is 0.271 bits per heavy atom. The highest BCUT2D eigenvalue weighted by Crippen LogP contribution is 2.45. The average Bonchev–Trinajstić information content (AvgIpc) is 3.14. The van der Waals surface area contributed by atoms with E-state index < -0.39 is 0 Å². The maximum Gasteiger partial charge on any atom is -0.00261 e. The molecule has 0 fully saturated rings. The van der Waals surface area contributed by atoms with Gasteiger partial charge in [-0.05, 0) is 94.2 Å². The summed E-state index contributed by atoms with van der Waals surface area (Å²) in [6, 6.07) is 64.5. The zero-order valence-electron chi connectivity index (χ0n) is 27.7. The Kier molecular flexibility index (Phi) is 7.50. The third kappa shape index (κ3) is 5.50. The Morgan fingerprint density at radius 2 is 0.604 bits per heavy atom. The standard InChI is InChI=1S/C48H38/c1-48(2,3)41-29-26-37(27-30-41)40-28-31-44-45(32-40)47(39-24-20-36(21-25-39)34-14-8-5-9-15-34)43-17-11-10-16-42(43)46(44)38-22-18-35(19-23-38)33-12-6-4-7-13-33/h4-32H,1-3H3. The summed E-state index contributed by atoms with van der Waals surface area (Å²) in [4.78, 5) is 0. The van der Waals surface area contributed by atoms with E-state index >= 15 is 0 Å². The van der Waals surface area contributed by atoms with Gasteiger partial charge in [0.05, 0.1) is 0 Å². The topological polar surface area (TPSA) is 0 Å². The zero-order chi connectivity index (χ0) is 32.7. The Morgan fingerprint density at radius 3 is 1.08 bits per heavy atom. The van der Waals surface area contributed by atoms with Crippen molar-refractivity contribution in [3.8, 4) is 55.6 Å². The van der Waals surface area contributed by atoms with Crippen LogP contribution in [-0.4, -0.2) is 0 Å². The maximum absolute atomic E-state index is 2.41. The molecule has 0 saturated heterocycles. The minimum Gasteiger partial charge on any atom is -0.0622 e. The van der Waals surface area contributed by atoms with E-state index in [4.69, 9.17) is 0 Å². The molecule has 0 heteroatoms. The van der Waals surface area contributed by atoms with Gasteiger partial charge in [-0.2, -0.15) is 0 Å². The Hall–Kier alpha value is -5.72. The lowest BCUT2D eigenvalue weighted by Gasteiger charge is -2.20. The number of hydrogen-bond donors (Lipinski definition) is 0. The van der Waals surface area contributed by atoms with Crippen molar-refractivity contribution in [3.63, 3.8) is 0 Å². The number of hydrogen-bond acceptors (Lipinski definition) is 0. The van der Waals surface area contributed by atoms with Gasteiger partial charge in [0.25, 0.3) is 0 Å². The van der Waals surface area contributed by atoms with Gasteiger partial charge in [0, 0.05) is 0 Å². The van der Waals surface area contributed by atoms with Crippen LogP contribution in [0.4, 0.5) is 0 Å². The summed E-state index contributed by atoms with van der Waals surface area (Å²) in [5.74, 6) is 0. The van der Waals surface area contributed by atoms with Gasteiger partial charge in [-0.25, -0.2) is 0 Å². The second-order valence-electron chi connectivity index (χ2n) is 13.8. The fourth-order valence-corrected chi connectivity index (χ4v) is 7.06. The van der Waals surface area contributed by atoms with Crippen LogP contribution in [-0.2, 0) is 5.41 Å². The molecule has 0 spiro atoms. The molecule has 8 aromatic carbocycles. The predicted molar refractivity (Wildman–Crippen MR) is 207 cm³/mol. The molecule has 0 aliphatic rings. The highest BCUT2D eigenvalue weighted by Gasteiger charge is 2.18. The number of benzene rings is 8. The van der Waals surface area contributed by atoms with Crippen LogP contribution in [0.1, 0.15) is 26.3 Å². The SMILES string of the molecule is CC(C)(C)c1ccc(-c2ccc3c(-c4ccc(-c5ccccc5)cc4)c4ccccc4c(-c4ccc(-c5ccccc5)cc4)c3c2)cc1. The largest absolute Gasteiger partial charge is 0.0622 e. The van der Waals surface area contributed by atoms with E-state index in [-0.39, 0.29) is 5.41 Å². The van der Waals surface area contributed by atoms with E-state index in [1.807, 2.05) is 0 Å². The van der Waals surface area contributed by atoms with Crippen LogP contribution in [0.15, 0.2) is 176 Å². The first-order valence-corrected chi connectivity index (χ1v) is 16.9. The van der Waals surface area contributed by atoms with Gasteiger partial charge < -0.3 is 0 Å². The monoisotopic (exact) mass is 614 g/mol. The molecule has 0 aromatic heterocycles. The summed E-state index contributed by atoms with van der Waals surface area (Å²) in [7, 11) is 0. The third-order valence-electron chi connectivity index (χ3n) is 9.67. The van der Waals surface area contributed by atoms with E-state index in [0.29, 0.717) is 0 Å². The quantitative estimate of drug-likeness (QED) is 0.169. The molecule has 0 amide bonds. The van der Waals surface area contributed by atoms with Crippen molar-refractivity contribution < 1.29 is 0 Å². The highest BCUT2D eigenvalue weighted by molar-refractivity contribution is 6.22. The molecule has 48 heavy (non-hydrogen) atoms. The molecule has 0 N–H and O–H groups in total. The lowest BCUT2D eigenvalue weighted by atomic mass is 9.83. The molecule has 0 heterocycles. The molecule has 0 unspecified atom stereocenters. The van der Waals surface area contributed by atoms with Crippen LogP contribution >= 0.6 is 0 Å². The highest BCUT2D eigenvalue weighted by atomic mass is 14.2. The number of rotatable bonds is 5. The van der Waals surface area contributed by atoms with Crippen LogP contribution in [0, 0.1) is 0 Å². The normalized spacial score (nSPS) is 11.6. The molecule has 8 aromatic rings. The van der Waals surface area contributed by atoms with Gasteiger partial charge in [-0.1, -0.05) is 191 Å². The van der Waals surface area contributed by atoms with Crippen molar-refractivity contribution in [2.75, 3.05) is 0 Å². The molecule has 0 nitrogen and oxygen atoms in total. The first-order chi connectivity index (χ1) is 23.4. The molecular formula is C48H38. The molecule has 0 bridgehead atoms. The zero-order valence-corrected chi connectivity index (χ0v) is 27.7. The van der Waals surface area contributed by atoms with Crippen LogP contribution in [0.25, 0.3) is 77.2 Å². The first-order valence-electron chi connectivity index (χ1n) is 16.9. The summed E-state index contributed by atoms with van der Waals surface area (Å²) >= 11 is 0. The third-order valence-corrected chi connectivity index (χ3v) is 9.67. The fraction of sp³-hybridized carbons (Fsp3) is 0.0833. The second-order valence-corrected chi connectivity index (χ2v) is 13.8. The van der Waals surface area contributed by atoms with E-state index in [1.165, 1.54) is 82.7 Å². The van der Waals surface area contributed by atoms with Crippen molar-refractivity contribution in [1.29, 1.82) is 0 Å². The molecule has 0 aliphatic carbocycles. The molecule has 0 atom stereocenters. The second kappa shape index (κ2) is 12.1. The molecule has 0 saturated carbocycles.